The first-order valence-corrected chi connectivity index (χ1v) is 12.3. The molecule has 1 aromatic heterocycles. The lowest BCUT2D eigenvalue weighted by Crippen LogP contribution is -2.35. The van der Waals surface area contributed by atoms with Gasteiger partial charge < -0.3 is 5.32 Å². The van der Waals surface area contributed by atoms with Crippen LogP contribution in [0.5, 0.6) is 0 Å². The zero-order valence-electron chi connectivity index (χ0n) is 15.4. The maximum Gasteiger partial charge on any atom is 0.243 e. The number of halogens is 2. The van der Waals surface area contributed by atoms with Crippen molar-refractivity contribution in [1.29, 1.82) is 0 Å². The Hall–Kier alpha value is -1.64. The predicted octanol–water partition coefficient (Wildman–Crippen LogP) is 6.04. The largest absolute Gasteiger partial charge is 0.331 e. The fourth-order valence-electron chi connectivity index (χ4n) is 3.21. The van der Waals surface area contributed by atoms with Gasteiger partial charge in [-0.25, -0.2) is 13.4 Å². The SMILES string of the molecule is O=S(=O)(c1ccc(-c2csc(Nc3ccc(Cl)c(Cl)c3)n2)cc1)N1CCCCC1. The Kier molecular flexibility index (Phi) is 6.13. The molecule has 0 aliphatic carbocycles. The summed E-state index contributed by atoms with van der Waals surface area (Å²) in [5.41, 5.74) is 2.43. The molecule has 1 aliphatic rings. The van der Waals surface area contributed by atoms with E-state index in [9.17, 15) is 8.42 Å². The van der Waals surface area contributed by atoms with Crippen LogP contribution < -0.4 is 5.32 Å². The summed E-state index contributed by atoms with van der Waals surface area (Å²) in [4.78, 5) is 4.91. The quantitative estimate of drug-likeness (QED) is 0.496. The zero-order valence-corrected chi connectivity index (χ0v) is 18.6. The number of nitrogens with one attached hydrogen (secondary N) is 1. The van der Waals surface area contributed by atoms with E-state index in [1.807, 2.05) is 11.4 Å². The molecule has 1 aliphatic heterocycles. The molecule has 152 valence electrons. The van der Waals surface area contributed by atoms with E-state index in [1.54, 1.807) is 40.7 Å². The van der Waals surface area contributed by atoms with Gasteiger partial charge in [-0.15, -0.1) is 11.3 Å². The number of thiazole rings is 1. The van der Waals surface area contributed by atoms with Crippen LogP contribution in [-0.2, 0) is 10.0 Å². The standard InChI is InChI=1S/C20H19Cl2N3O2S2/c21-17-9-6-15(12-18(17)22)23-20-24-19(13-28-20)14-4-7-16(8-5-14)29(26,27)25-10-2-1-3-11-25/h4-9,12-13H,1-3,10-11H2,(H,23,24). The summed E-state index contributed by atoms with van der Waals surface area (Å²) >= 11 is 13.4. The highest BCUT2D eigenvalue weighted by atomic mass is 35.5. The summed E-state index contributed by atoms with van der Waals surface area (Å²) < 4.78 is 27.1. The molecule has 2 heterocycles. The minimum absolute atomic E-state index is 0.326. The average Bonchev–Trinajstić information content (AvgIpc) is 3.20. The van der Waals surface area contributed by atoms with E-state index in [0.29, 0.717) is 33.2 Å². The molecular weight excluding hydrogens is 449 g/mol. The van der Waals surface area contributed by atoms with Crippen molar-refractivity contribution in [3.8, 4) is 11.3 Å². The Morgan fingerprint density at radius 3 is 2.38 bits per heavy atom. The molecule has 29 heavy (non-hydrogen) atoms. The minimum atomic E-state index is -3.42. The number of aromatic nitrogens is 1. The third-order valence-corrected chi connectivity index (χ3v) is 8.19. The van der Waals surface area contributed by atoms with E-state index in [1.165, 1.54) is 11.3 Å². The van der Waals surface area contributed by atoms with Gasteiger partial charge in [0.15, 0.2) is 5.13 Å². The number of hydrogen-bond donors (Lipinski definition) is 1. The summed E-state index contributed by atoms with van der Waals surface area (Å²) in [5, 5.41) is 6.81. The van der Waals surface area contributed by atoms with Crippen LogP contribution in [0, 0.1) is 0 Å². The molecule has 0 saturated carbocycles. The second-order valence-corrected chi connectivity index (χ2v) is 10.4. The Bertz CT molecular complexity index is 1110. The molecule has 0 unspecified atom stereocenters. The number of sulfonamides is 1. The molecule has 0 bridgehead atoms. The normalized spacial score (nSPS) is 15.4. The van der Waals surface area contributed by atoms with Gasteiger partial charge in [0.25, 0.3) is 0 Å². The molecule has 0 spiro atoms. The van der Waals surface area contributed by atoms with Gasteiger partial charge in [0.1, 0.15) is 0 Å². The molecule has 1 saturated heterocycles. The van der Waals surface area contributed by atoms with Gasteiger partial charge in [-0.1, -0.05) is 41.8 Å². The van der Waals surface area contributed by atoms with Crippen molar-refractivity contribution in [3.63, 3.8) is 0 Å². The summed E-state index contributed by atoms with van der Waals surface area (Å²) in [6.45, 7) is 1.19. The van der Waals surface area contributed by atoms with E-state index in [4.69, 9.17) is 23.2 Å². The Morgan fingerprint density at radius 2 is 1.69 bits per heavy atom. The molecule has 5 nitrogen and oxygen atoms in total. The fourth-order valence-corrected chi connectivity index (χ4v) is 5.77. The van der Waals surface area contributed by atoms with E-state index in [2.05, 4.69) is 10.3 Å². The first kappa shape index (κ1) is 20.6. The van der Waals surface area contributed by atoms with E-state index < -0.39 is 10.0 Å². The third kappa shape index (κ3) is 4.59. The molecule has 4 rings (SSSR count). The van der Waals surface area contributed by atoms with Crippen molar-refractivity contribution in [2.24, 2.45) is 0 Å². The molecule has 9 heteroatoms. The third-order valence-electron chi connectivity index (χ3n) is 4.78. The van der Waals surface area contributed by atoms with Crippen LogP contribution in [0.1, 0.15) is 19.3 Å². The van der Waals surface area contributed by atoms with Crippen LogP contribution >= 0.6 is 34.5 Å². The lowest BCUT2D eigenvalue weighted by Gasteiger charge is -2.25. The Labute approximate surface area is 184 Å². The van der Waals surface area contributed by atoms with Crippen LogP contribution in [0.15, 0.2) is 52.7 Å². The van der Waals surface area contributed by atoms with Crippen molar-refractivity contribution in [2.75, 3.05) is 18.4 Å². The van der Waals surface area contributed by atoms with Crippen molar-refractivity contribution in [1.82, 2.24) is 9.29 Å². The summed E-state index contributed by atoms with van der Waals surface area (Å²) in [6, 6.07) is 12.2. The molecule has 1 N–H and O–H groups in total. The molecule has 2 aromatic carbocycles. The van der Waals surface area contributed by atoms with E-state index in [-0.39, 0.29) is 0 Å². The number of hydrogen-bond acceptors (Lipinski definition) is 5. The number of nitrogens with zero attached hydrogens (tertiary/aromatic N) is 2. The first-order valence-electron chi connectivity index (χ1n) is 9.22. The first-order chi connectivity index (χ1) is 13.9. The van der Waals surface area contributed by atoms with Gasteiger partial charge in [0, 0.05) is 29.7 Å². The van der Waals surface area contributed by atoms with Crippen molar-refractivity contribution >= 4 is 55.4 Å². The van der Waals surface area contributed by atoms with E-state index >= 15 is 0 Å². The lowest BCUT2D eigenvalue weighted by atomic mass is 10.2. The Balaban J connectivity index is 1.50. The van der Waals surface area contributed by atoms with Crippen LogP contribution in [0.2, 0.25) is 10.0 Å². The van der Waals surface area contributed by atoms with Crippen LogP contribution in [0.25, 0.3) is 11.3 Å². The van der Waals surface area contributed by atoms with Crippen molar-refractivity contribution in [2.45, 2.75) is 24.2 Å². The topological polar surface area (TPSA) is 62.3 Å². The molecule has 0 atom stereocenters. The van der Waals surface area contributed by atoms with Gasteiger partial charge in [0.2, 0.25) is 10.0 Å². The molecule has 0 amide bonds. The monoisotopic (exact) mass is 467 g/mol. The maximum absolute atomic E-state index is 12.8. The van der Waals surface area contributed by atoms with Crippen LogP contribution in [0.4, 0.5) is 10.8 Å². The summed E-state index contributed by atoms with van der Waals surface area (Å²) in [5.74, 6) is 0. The minimum Gasteiger partial charge on any atom is -0.331 e. The number of benzene rings is 2. The second kappa shape index (κ2) is 8.62. The van der Waals surface area contributed by atoms with Crippen molar-refractivity contribution in [3.05, 3.63) is 57.9 Å². The lowest BCUT2D eigenvalue weighted by molar-refractivity contribution is 0.346. The van der Waals surface area contributed by atoms with Gasteiger partial charge in [-0.2, -0.15) is 4.31 Å². The highest BCUT2D eigenvalue weighted by Crippen LogP contribution is 2.31. The van der Waals surface area contributed by atoms with Gasteiger partial charge in [-0.05, 0) is 43.2 Å². The molecule has 3 aromatic rings. The predicted molar refractivity (Wildman–Crippen MR) is 120 cm³/mol. The van der Waals surface area contributed by atoms with Crippen molar-refractivity contribution < 1.29 is 8.42 Å². The molecular formula is C20H19Cl2N3O2S2. The maximum atomic E-state index is 12.8. The highest BCUT2D eigenvalue weighted by Gasteiger charge is 2.25. The zero-order chi connectivity index (χ0) is 20.4. The van der Waals surface area contributed by atoms with Crippen LogP contribution in [0.3, 0.4) is 0 Å². The van der Waals surface area contributed by atoms with E-state index in [0.717, 1.165) is 36.2 Å². The van der Waals surface area contributed by atoms with Gasteiger partial charge in [-0.3, -0.25) is 0 Å². The number of rotatable bonds is 5. The smallest absolute Gasteiger partial charge is 0.243 e. The number of piperidine rings is 1. The molecule has 1 fully saturated rings. The average molecular weight is 468 g/mol. The number of anilines is 2. The van der Waals surface area contributed by atoms with Crippen LogP contribution in [-0.4, -0.2) is 30.8 Å². The van der Waals surface area contributed by atoms with Gasteiger partial charge in [0.05, 0.1) is 20.6 Å². The summed E-state index contributed by atoms with van der Waals surface area (Å²) in [7, 11) is -3.42. The molecule has 0 radical (unpaired) electrons. The highest BCUT2D eigenvalue weighted by molar-refractivity contribution is 7.89. The Morgan fingerprint density at radius 1 is 0.966 bits per heavy atom. The van der Waals surface area contributed by atoms with Gasteiger partial charge >= 0.3 is 0 Å². The fraction of sp³-hybridized carbons (Fsp3) is 0.250. The summed E-state index contributed by atoms with van der Waals surface area (Å²) in [6.07, 6.45) is 2.93. The second-order valence-electron chi connectivity index (χ2n) is 6.78.